The second-order valence-corrected chi connectivity index (χ2v) is 19.2. The Labute approximate surface area is 438 Å². The minimum absolute atomic E-state index is 0.103. The lowest BCUT2D eigenvalue weighted by Crippen LogP contribution is -2.30. The fraction of sp³-hybridized carbons (Fsp3) is 0.677. The molecule has 1 unspecified atom stereocenters. The van der Waals surface area contributed by atoms with Gasteiger partial charge in [0, 0.05) is 19.3 Å². The van der Waals surface area contributed by atoms with Gasteiger partial charge in [0.1, 0.15) is 13.2 Å². The maximum absolute atomic E-state index is 12.9. The van der Waals surface area contributed by atoms with E-state index < -0.39 is 6.10 Å². The first kappa shape index (κ1) is 67.1. The van der Waals surface area contributed by atoms with Crippen LogP contribution >= 0.6 is 0 Å². The number of esters is 3. The van der Waals surface area contributed by atoms with Gasteiger partial charge in [0.2, 0.25) is 0 Å². The highest BCUT2D eigenvalue weighted by Gasteiger charge is 2.19. The average molecular weight is 986 g/mol. The SMILES string of the molecule is CC/C=C\C/C=C\C/C=C\C/C=C\C/C=C\C/C=C\CCCCC(=O)OCC(COC(=O)CCCCCCC/C=C\CCCCCCCCC)OC(=O)CCCCCCC/C=C\C/C=C\CCCCCC. The van der Waals surface area contributed by atoms with Crippen molar-refractivity contribution >= 4 is 17.9 Å². The molecule has 404 valence electrons. The van der Waals surface area contributed by atoms with Crippen LogP contribution in [-0.4, -0.2) is 37.2 Å². The van der Waals surface area contributed by atoms with E-state index in [-0.39, 0.29) is 31.1 Å². The summed E-state index contributed by atoms with van der Waals surface area (Å²) in [6, 6.07) is 0. The standard InChI is InChI=1S/C65H108O6/c1-4-7-10-13-16-19-22-25-28-31-32-33-34-35-38-40-43-46-49-52-55-58-64(67)70-61-62(71-65(68)59-56-53-50-47-44-41-37-30-27-24-21-18-15-12-9-6-3)60-69-63(66)57-54-51-48-45-42-39-36-29-26-23-20-17-14-11-8-5-2/h7,10,16,19,21,24-25,28-30,32-33,35-38,43,46,62H,4-6,8-9,11-15,17-18,20,22-23,26-27,31,34,39-42,44-45,47-61H2,1-3H3/b10-7-,19-16-,24-21-,28-25-,33-32-,36-29-,37-30-,38-35-,46-43-. The monoisotopic (exact) mass is 985 g/mol. The summed E-state index contributed by atoms with van der Waals surface area (Å²) >= 11 is 0. The summed E-state index contributed by atoms with van der Waals surface area (Å²) < 4.78 is 16.8. The molecule has 6 nitrogen and oxygen atoms in total. The summed E-state index contributed by atoms with van der Waals surface area (Å²) in [5.41, 5.74) is 0. The number of carbonyl (C=O) groups is 3. The molecule has 0 saturated heterocycles. The normalized spacial score (nSPS) is 12.9. The van der Waals surface area contributed by atoms with E-state index in [2.05, 4.69) is 130 Å². The summed E-state index contributed by atoms with van der Waals surface area (Å²) in [5, 5.41) is 0. The van der Waals surface area contributed by atoms with Crippen LogP contribution in [0.15, 0.2) is 109 Å². The van der Waals surface area contributed by atoms with Crippen molar-refractivity contribution in [2.45, 2.75) is 271 Å². The number of carbonyl (C=O) groups excluding carboxylic acids is 3. The van der Waals surface area contributed by atoms with Crippen LogP contribution in [0.3, 0.4) is 0 Å². The van der Waals surface area contributed by atoms with Crippen molar-refractivity contribution in [1.82, 2.24) is 0 Å². The van der Waals surface area contributed by atoms with Gasteiger partial charge in [-0.1, -0.05) is 226 Å². The first-order valence-electron chi connectivity index (χ1n) is 29.4. The van der Waals surface area contributed by atoms with Gasteiger partial charge >= 0.3 is 17.9 Å². The topological polar surface area (TPSA) is 78.9 Å². The molecule has 71 heavy (non-hydrogen) atoms. The minimum atomic E-state index is -0.809. The van der Waals surface area contributed by atoms with Crippen LogP contribution in [0, 0.1) is 0 Å². The molecule has 0 aromatic carbocycles. The van der Waals surface area contributed by atoms with Gasteiger partial charge in [-0.25, -0.2) is 0 Å². The summed E-state index contributed by atoms with van der Waals surface area (Å²) in [4.78, 5) is 38.2. The summed E-state index contributed by atoms with van der Waals surface area (Å²) in [6.45, 7) is 6.46. The number of unbranched alkanes of at least 4 members (excludes halogenated alkanes) is 23. The third kappa shape index (κ3) is 56.9. The van der Waals surface area contributed by atoms with Crippen LogP contribution in [0.4, 0.5) is 0 Å². The molecule has 0 rings (SSSR count). The molecule has 0 aromatic heterocycles. The molecule has 0 aliphatic carbocycles. The predicted molar refractivity (Wildman–Crippen MR) is 307 cm³/mol. The highest BCUT2D eigenvalue weighted by atomic mass is 16.6. The van der Waals surface area contributed by atoms with Gasteiger partial charge in [-0.3, -0.25) is 14.4 Å². The Morgan fingerprint density at radius 3 is 0.915 bits per heavy atom. The summed E-state index contributed by atoms with van der Waals surface area (Å²) in [5.74, 6) is -0.968. The molecule has 1 atom stereocenters. The van der Waals surface area contributed by atoms with Gasteiger partial charge in [0.15, 0.2) is 6.10 Å². The fourth-order valence-corrected chi connectivity index (χ4v) is 7.82. The van der Waals surface area contributed by atoms with Crippen molar-refractivity contribution in [3.05, 3.63) is 109 Å². The number of ether oxygens (including phenoxy) is 3. The highest BCUT2D eigenvalue weighted by Crippen LogP contribution is 2.14. The second kappa shape index (κ2) is 58.6. The van der Waals surface area contributed by atoms with Crippen LogP contribution in [0.1, 0.15) is 265 Å². The molecule has 0 N–H and O–H groups in total. The minimum Gasteiger partial charge on any atom is -0.462 e. The van der Waals surface area contributed by atoms with Crippen LogP contribution in [-0.2, 0) is 28.6 Å². The van der Waals surface area contributed by atoms with Crippen LogP contribution in [0.25, 0.3) is 0 Å². The molecule has 0 spiro atoms. The zero-order chi connectivity index (χ0) is 51.4. The quantitative estimate of drug-likeness (QED) is 0.0261. The fourth-order valence-electron chi connectivity index (χ4n) is 7.82. The van der Waals surface area contributed by atoms with E-state index in [0.29, 0.717) is 25.7 Å². The first-order valence-corrected chi connectivity index (χ1v) is 29.4. The number of hydrogen-bond donors (Lipinski definition) is 0. The van der Waals surface area contributed by atoms with Crippen molar-refractivity contribution in [2.75, 3.05) is 13.2 Å². The van der Waals surface area contributed by atoms with Crippen LogP contribution in [0.2, 0.25) is 0 Å². The number of hydrogen-bond acceptors (Lipinski definition) is 6. The maximum Gasteiger partial charge on any atom is 0.306 e. The lowest BCUT2D eigenvalue weighted by molar-refractivity contribution is -0.167. The van der Waals surface area contributed by atoms with Crippen molar-refractivity contribution in [2.24, 2.45) is 0 Å². The van der Waals surface area contributed by atoms with E-state index in [1.165, 1.54) is 89.9 Å². The zero-order valence-corrected chi connectivity index (χ0v) is 46.2. The largest absolute Gasteiger partial charge is 0.462 e. The molecule has 0 saturated carbocycles. The molecular weight excluding hydrogens is 877 g/mol. The van der Waals surface area contributed by atoms with Crippen molar-refractivity contribution < 1.29 is 28.6 Å². The maximum atomic E-state index is 12.9. The second-order valence-electron chi connectivity index (χ2n) is 19.2. The van der Waals surface area contributed by atoms with Crippen LogP contribution in [0.5, 0.6) is 0 Å². The molecule has 0 radical (unpaired) electrons. The summed E-state index contributed by atoms with van der Waals surface area (Å²) in [6.07, 6.45) is 79.3. The van der Waals surface area contributed by atoms with Gasteiger partial charge in [0.05, 0.1) is 0 Å². The Hall–Kier alpha value is -3.93. The number of allylic oxidation sites excluding steroid dienone is 18. The van der Waals surface area contributed by atoms with E-state index in [1.807, 2.05) is 0 Å². The van der Waals surface area contributed by atoms with Crippen molar-refractivity contribution in [1.29, 1.82) is 0 Å². The lowest BCUT2D eigenvalue weighted by Gasteiger charge is -2.18. The molecule has 0 fully saturated rings. The predicted octanol–water partition coefficient (Wildman–Crippen LogP) is 19.9. The molecular formula is C65H108O6. The molecule has 0 aliphatic rings. The van der Waals surface area contributed by atoms with Crippen molar-refractivity contribution in [3.63, 3.8) is 0 Å². The first-order chi connectivity index (χ1) is 35.0. The highest BCUT2D eigenvalue weighted by molar-refractivity contribution is 5.71. The third-order valence-electron chi connectivity index (χ3n) is 12.2. The Balaban J connectivity index is 4.51. The van der Waals surface area contributed by atoms with Crippen molar-refractivity contribution in [3.8, 4) is 0 Å². The average Bonchev–Trinajstić information content (AvgIpc) is 3.37. The van der Waals surface area contributed by atoms with Gasteiger partial charge in [-0.2, -0.15) is 0 Å². The molecule has 0 aromatic rings. The van der Waals surface area contributed by atoms with E-state index in [4.69, 9.17) is 14.2 Å². The Kier molecular flexibility index (Phi) is 55.4. The molecule has 0 aliphatic heterocycles. The molecule has 0 amide bonds. The number of rotatable bonds is 52. The smallest absolute Gasteiger partial charge is 0.306 e. The molecule has 0 heterocycles. The third-order valence-corrected chi connectivity index (χ3v) is 12.2. The van der Waals surface area contributed by atoms with E-state index in [9.17, 15) is 14.4 Å². The summed E-state index contributed by atoms with van der Waals surface area (Å²) in [7, 11) is 0. The molecule has 6 heteroatoms. The van der Waals surface area contributed by atoms with Gasteiger partial charge in [-0.05, 0) is 128 Å². The zero-order valence-electron chi connectivity index (χ0n) is 46.2. The Bertz CT molecular complexity index is 1460. The van der Waals surface area contributed by atoms with Gasteiger partial charge < -0.3 is 14.2 Å². The van der Waals surface area contributed by atoms with Gasteiger partial charge in [0.25, 0.3) is 0 Å². The molecule has 0 bridgehead atoms. The van der Waals surface area contributed by atoms with E-state index >= 15 is 0 Å². The van der Waals surface area contributed by atoms with Crippen LogP contribution < -0.4 is 0 Å². The van der Waals surface area contributed by atoms with E-state index in [1.54, 1.807) is 0 Å². The Morgan fingerprint density at radius 2 is 0.549 bits per heavy atom. The van der Waals surface area contributed by atoms with Gasteiger partial charge in [-0.15, -0.1) is 0 Å². The van der Waals surface area contributed by atoms with E-state index in [0.717, 1.165) is 128 Å². The Morgan fingerprint density at radius 1 is 0.296 bits per heavy atom. The lowest BCUT2D eigenvalue weighted by atomic mass is 10.1.